The first-order valence-electron chi connectivity index (χ1n) is 6.45. The number of thiazole rings is 1. The van der Waals surface area contributed by atoms with Crippen LogP contribution in [-0.4, -0.2) is 18.6 Å². The van der Waals surface area contributed by atoms with Gasteiger partial charge in [-0.15, -0.1) is 11.3 Å². The zero-order valence-electron chi connectivity index (χ0n) is 10.9. The van der Waals surface area contributed by atoms with E-state index < -0.39 is 0 Å². The quantitative estimate of drug-likeness (QED) is 0.780. The van der Waals surface area contributed by atoms with Gasteiger partial charge in [0.2, 0.25) is 0 Å². The van der Waals surface area contributed by atoms with Crippen molar-refractivity contribution in [2.24, 2.45) is 0 Å². The third-order valence-electron chi connectivity index (χ3n) is 3.19. The minimum Gasteiger partial charge on any atom is -0.319 e. The van der Waals surface area contributed by atoms with Crippen LogP contribution in [0.25, 0.3) is 22.0 Å². The van der Waals surface area contributed by atoms with Gasteiger partial charge in [-0.3, -0.25) is 0 Å². The maximum atomic E-state index is 4.70. The molecule has 0 radical (unpaired) electrons. The Balaban J connectivity index is 1.92. The van der Waals surface area contributed by atoms with Gasteiger partial charge in [-0.05, 0) is 23.9 Å². The molecule has 3 aromatic rings. The van der Waals surface area contributed by atoms with Gasteiger partial charge in [0.25, 0.3) is 0 Å². The standard InChI is InChI=1S/C16H16N2S/c1-17-9-8-16-18-15(11-19-16)14-7-6-12-4-2-3-5-13(12)10-14/h2-7,10-11,17H,8-9H2,1H3. The van der Waals surface area contributed by atoms with Crippen molar-refractivity contribution in [2.45, 2.75) is 6.42 Å². The molecule has 0 spiro atoms. The van der Waals surface area contributed by atoms with Crippen LogP contribution in [0.3, 0.4) is 0 Å². The lowest BCUT2D eigenvalue weighted by molar-refractivity contribution is 0.788. The summed E-state index contributed by atoms with van der Waals surface area (Å²) in [4.78, 5) is 4.70. The lowest BCUT2D eigenvalue weighted by Crippen LogP contribution is -2.09. The molecule has 2 aromatic carbocycles. The van der Waals surface area contributed by atoms with Crippen molar-refractivity contribution in [3.8, 4) is 11.3 Å². The molecule has 0 aliphatic heterocycles. The minimum atomic E-state index is 0.977. The Hall–Kier alpha value is -1.71. The van der Waals surface area contributed by atoms with E-state index in [0.29, 0.717) is 0 Å². The zero-order valence-corrected chi connectivity index (χ0v) is 11.7. The predicted octanol–water partition coefficient (Wildman–Crippen LogP) is 3.73. The van der Waals surface area contributed by atoms with Crippen LogP contribution in [0.1, 0.15) is 5.01 Å². The molecular formula is C16H16N2S. The topological polar surface area (TPSA) is 24.9 Å². The van der Waals surface area contributed by atoms with Crippen LogP contribution in [0.2, 0.25) is 0 Å². The van der Waals surface area contributed by atoms with E-state index in [-0.39, 0.29) is 0 Å². The fourth-order valence-electron chi connectivity index (χ4n) is 2.14. The van der Waals surface area contributed by atoms with Crippen molar-refractivity contribution in [2.75, 3.05) is 13.6 Å². The second-order valence-corrected chi connectivity index (χ2v) is 5.48. The van der Waals surface area contributed by atoms with E-state index in [1.54, 1.807) is 11.3 Å². The molecule has 96 valence electrons. The first-order chi connectivity index (χ1) is 9.36. The Labute approximate surface area is 117 Å². The first kappa shape index (κ1) is 12.3. The van der Waals surface area contributed by atoms with Gasteiger partial charge in [0, 0.05) is 23.9 Å². The summed E-state index contributed by atoms with van der Waals surface area (Å²) in [5, 5.41) is 9.04. The molecule has 0 aliphatic rings. The second-order valence-electron chi connectivity index (χ2n) is 4.54. The van der Waals surface area contributed by atoms with E-state index in [4.69, 9.17) is 4.98 Å². The minimum absolute atomic E-state index is 0.977. The normalized spacial score (nSPS) is 11.0. The summed E-state index contributed by atoms with van der Waals surface area (Å²) in [5.41, 5.74) is 2.28. The molecule has 3 heteroatoms. The van der Waals surface area contributed by atoms with E-state index >= 15 is 0 Å². The van der Waals surface area contributed by atoms with Crippen LogP contribution in [-0.2, 0) is 6.42 Å². The summed E-state index contributed by atoms with van der Waals surface area (Å²) in [6.07, 6.45) is 0.995. The van der Waals surface area contributed by atoms with Crippen molar-refractivity contribution in [3.63, 3.8) is 0 Å². The molecule has 0 bridgehead atoms. The summed E-state index contributed by atoms with van der Waals surface area (Å²) < 4.78 is 0. The molecule has 1 N–H and O–H groups in total. The van der Waals surface area contributed by atoms with E-state index in [1.165, 1.54) is 21.3 Å². The van der Waals surface area contributed by atoms with Gasteiger partial charge in [0.15, 0.2) is 0 Å². The second kappa shape index (κ2) is 5.51. The van der Waals surface area contributed by atoms with Gasteiger partial charge >= 0.3 is 0 Å². The molecule has 19 heavy (non-hydrogen) atoms. The maximum Gasteiger partial charge on any atom is 0.0945 e. The Morgan fingerprint density at radius 2 is 1.95 bits per heavy atom. The van der Waals surface area contributed by atoms with Gasteiger partial charge < -0.3 is 5.32 Å². The molecule has 0 fully saturated rings. The molecule has 0 atom stereocenters. The smallest absolute Gasteiger partial charge is 0.0945 e. The average molecular weight is 268 g/mol. The first-order valence-corrected chi connectivity index (χ1v) is 7.33. The average Bonchev–Trinajstić information content (AvgIpc) is 2.93. The SMILES string of the molecule is CNCCc1nc(-c2ccc3ccccc3c2)cs1. The third kappa shape index (κ3) is 2.67. The van der Waals surface area contributed by atoms with Crippen molar-refractivity contribution in [1.29, 1.82) is 0 Å². The number of hydrogen-bond acceptors (Lipinski definition) is 3. The number of hydrogen-bond donors (Lipinski definition) is 1. The highest BCUT2D eigenvalue weighted by Crippen LogP contribution is 2.25. The molecule has 0 saturated heterocycles. The maximum absolute atomic E-state index is 4.70. The number of benzene rings is 2. The molecule has 1 aromatic heterocycles. The summed E-state index contributed by atoms with van der Waals surface area (Å²) >= 11 is 1.74. The zero-order chi connectivity index (χ0) is 13.1. The molecule has 3 rings (SSSR count). The molecule has 0 amide bonds. The van der Waals surface area contributed by atoms with Gasteiger partial charge in [-0.1, -0.05) is 36.4 Å². The van der Waals surface area contributed by atoms with Crippen molar-refractivity contribution >= 4 is 22.1 Å². The lowest BCUT2D eigenvalue weighted by atomic mass is 10.1. The van der Waals surface area contributed by atoms with Crippen molar-refractivity contribution in [1.82, 2.24) is 10.3 Å². The Bertz CT molecular complexity index is 688. The third-order valence-corrected chi connectivity index (χ3v) is 4.09. The number of rotatable bonds is 4. The van der Waals surface area contributed by atoms with Crippen LogP contribution in [0.4, 0.5) is 0 Å². The fraction of sp³-hybridized carbons (Fsp3) is 0.188. The predicted molar refractivity (Wildman–Crippen MR) is 82.7 cm³/mol. The van der Waals surface area contributed by atoms with Gasteiger partial charge in [-0.25, -0.2) is 4.98 Å². The van der Waals surface area contributed by atoms with Crippen LogP contribution >= 0.6 is 11.3 Å². The highest BCUT2D eigenvalue weighted by Gasteiger charge is 2.05. The van der Waals surface area contributed by atoms with Gasteiger partial charge in [0.05, 0.1) is 10.7 Å². The summed E-state index contributed by atoms with van der Waals surface area (Å²) in [6.45, 7) is 0.977. The Morgan fingerprint density at radius 3 is 2.79 bits per heavy atom. The Kier molecular flexibility index (Phi) is 3.58. The van der Waals surface area contributed by atoms with Crippen LogP contribution in [0.5, 0.6) is 0 Å². The number of fused-ring (bicyclic) bond motifs is 1. The molecule has 0 aliphatic carbocycles. The van der Waals surface area contributed by atoms with Crippen molar-refractivity contribution < 1.29 is 0 Å². The van der Waals surface area contributed by atoms with Gasteiger partial charge in [0.1, 0.15) is 0 Å². The summed E-state index contributed by atoms with van der Waals surface area (Å²) in [7, 11) is 1.97. The van der Waals surface area contributed by atoms with Crippen LogP contribution in [0.15, 0.2) is 47.8 Å². The molecule has 0 unspecified atom stereocenters. The molecule has 0 saturated carbocycles. The number of likely N-dealkylation sites (N-methyl/N-ethyl adjacent to an activating group) is 1. The van der Waals surface area contributed by atoms with Crippen LogP contribution < -0.4 is 5.32 Å². The lowest BCUT2D eigenvalue weighted by Gasteiger charge is -2.01. The molecule has 1 heterocycles. The summed E-state index contributed by atoms with van der Waals surface area (Å²) in [5.74, 6) is 0. The summed E-state index contributed by atoms with van der Waals surface area (Å²) in [6, 6.07) is 15.0. The number of nitrogens with one attached hydrogen (secondary N) is 1. The van der Waals surface area contributed by atoms with Crippen LogP contribution in [0, 0.1) is 0 Å². The highest BCUT2D eigenvalue weighted by molar-refractivity contribution is 7.09. The fourth-order valence-corrected chi connectivity index (χ4v) is 2.95. The highest BCUT2D eigenvalue weighted by atomic mass is 32.1. The number of aromatic nitrogens is 1. The van der Waals surface area contributed by atoms with Crippen molar-refractivity contribution in [3.05, 3.63) is 52.9 Å². The molecular weight excluding hydrogens is 252 g/mol. The Morgan fingerprint density at radius 1 is 1.11 bits per heavy atom. The van der Waals surface area contributed by atoms with Gasteiger partial charge in [-0.2, -0.15) is 0 Å². The van der Waals surface area contributed by atoms with E-state index in [9.17, 15) is 0 Å². The largest absolute Gasteiger partial charge is 0.319 e. The van der Waals surface area contributed by atoms with E-state index in [2.05, 4.69) is 53.2 Å². The molecule has 2 nitrogen and oxygen atoms in total. The van der Waals surface area contributed by atoms with E-state index in [1.807, 2.05) is 7.05 Å². The number of nitrogens with zero attached hydrogens (tertiary/aromatic N) is 1. The van der Waals surface area contributed by atoms with E-state index in [0.717, 1.165) is 18.7 Å². The monoisotopic (exact) mass is 268 g/mol.